The summed E-state index contributed by atoms with van der Waals surface area (Å²) >= 11 is 0. The Morgan fingerprint density at radius 3 is 2.32 bits per heavy atom. The molecule has 0 aliphatic heterocycles. The van der Waals surface area contributed by atoms with Gasteiger partial charge in [-0.15, -0.1) is 0 Å². The van der Waals surface area contributed by atoms with E-state index in [2.05, 4.69) is 5.32 Å². The van der Waals surface area contributed by atoms with E-state index in [0.29, 0.717) is 6.54 Å². The van der Waals surface area contributed by atoms with Crippen molar-refractivity contribution in [1.82, 2.24) is 10.2 Å². The summed E-state index contributed by atoms with van der Waals surface area (Å²) in [7, 11) is 3.93. The van der Waals surface area contributed by atoms with Crippen LogP contribution < -0.4 is 5.32 Å². The quantitative estimate of drug-likeness (QED) is 0.856. The average molecular weight is 266 g/mol. The predicted molar refractivity (Wildman–Crippen MR) is 75.5 cm³/mol. The molecular weight excluding hydrogens is 243 g/mol. The summed E-state index contributed by atoms with van der Waals surface area (Å²) < 4.78 is 12.9. The standard InChI is InChI=1S/C15H23FN2O/c1-11(2)14(12-5-7-13(16)8-6-12)15(19)17-9-10-18(3)4/h5-8,11,14H,9-10H2,1-4H3,(H,17,19). The van der Waals surface area contributed by atoms with Crippen molar-refractivity contribution in [3.63, 3.8) is 0 Å². The number of carbonyl (C=O) groups excluding carboxylic acids is 1. The zero-order valence-electron chi connectivity index (χ0n) is 12.1. The van der Waals surface area contributed by atoms with Gasteiger partial charge < -0.3 is 10.2 Å². The second-order valence-electron chi connectivity index (χ2n) is 5.37. The van der Waals surface area contributed by atoms with Crippen LogP contribution >= 0.6 is 0 Å². The van der Waals surface area contributed by atoms with Gasteiger partial charge in [-0.2, -0.15) is 0 Å². The van der Waals surface area contributed by atoms with E-state index in [1.165, 1.54) is 12.1 Å². The largest absolute Gasteiger partial charge is 0.354 e. The average Bonchev–Trinajstić information content (AvgIpc) is 2.31. The molecule has 0 saturated heterocycles. The molecule has 0 fully saturated rings. The first-order valence-corrected chi connectivity index (χ1v) is 6.59. The molecule has 1 N–H and O–H groups in total. The third kappa shape index (κ3) is 4.99. The molecule has 4 heteroatoms. The summed E-state index contributed by atoms with van der Waals surface area (Å²) in [6.07, 6.45) is 0. The molecule has 0 aromatic heterocycles. The smallest absolute Gasteiger partial charge is 0.227 e. The topological polar surface area (TPSA) is 32.3 Å². The first-order valence-electron chi connectivity index (χ1n) is 6.59. The van der Waals surface area contributed by atoms with Crippen LogP contribution in [0.25, 0.3) is 0 Å². The maximum atomic E-state index is 12.9. The fourth-order valence-corrected chi connectivity index (χ4v) is 2.02. The lowest BCUT2D eigenvalue weighted by atomic mass is 9.87. The summed E-state index contributed by atoms with van der Waals surface area (Å²) in [6, 6.07) is 6.17. The lowest BCUT2D eigenvalue weighted by molar-refractivity contribution is -0.123. The monoisotopic (exact) mass is 266 g/mol. The highest BCUT2D eigenvalue weighted by Gasteiger charge is 2.23. The highest BCUT2D eigenvalue weighted by Crippen LogP contribution is 2.24. The summed E-state index contributed by atoms with van der Waals surface area (Å²) in [5.41, 5.74) is 0.860. The molecule has 1 rings (SSSR count). The molecule has 1 unspecified atom stereocenters. The Labute approximate surface area is 114 Å². The highest BCUT2D eigenvalue weighted by atomic mass is 19.1. The number of hydrogen-bond acceptors (Lipinski definition) is 2. The first kappa shape index (κ1) is 15.6. The van der Waals surface area contributed by atoms with Gasteiger partial charge in [0.2, 0.25) is 5.91 Å². The lowest BCUT2D eigenvalue weighted by Crippen LogP contribution is -2.36. The van der Waals surface area contributed by atoms with Gasteiger partial charge >= 0.3 is 0 Å². The number of nitrogens with one attached hydrogen (secondary N) is 1. The number of amides is 1. The van der Waals surface area contributed by atoms with Crippen molar-refractivity contribution in [2.45, 2.75) is 19.8 Å². The van der Waals surface area contributed by atoms with Crippen LogP contribution in [0.15, 0.2) is 24.3 Å². The molecule has 0 spiro atoms. The number of nitrogens with zero attached hydrogens (tertiary/aromatic N) is 1. The molecule has 0 aliphatic carbocycles. The van der Waals surface area contributed by atoms with Crippen molar-refractivity contribution >= 4 is 5.91 Å². The van der Waals surface area contributed by atoms with Gasteiger partial charge in [0.05, 0.1) is 5.92 Å². The van der Waals surface area contributed by atoms with Gasteiger partial charge in [-0.25, -0.2) is 4.39 Å². The fourth-order valence-electron chi connectivity index (χ4n) is 2.02. The number of carbonyl (C=O) groups is 1. The zero-order chi connectivity index (χ0) is 14.4. The van der Waals surface area contributed by atoms with Crippen LogP contribution in [0.5, 0.6) is 0 Å². The first-order chi connectivity index (χ1) is 8.91. The van der Waals surface area contributed by atoms with Gasteiger partial charge in [-0.1, -0.05) is 26.0 Å². The summed E-state index contributed by atoms with van der Waals surface area (Å²) in [6.45, 7) is 5.43. The molecule has 1 atom stereocenters. The molecule has 1 aromatic rings. The van der Waals surface area contributed by atoms with Crippen molar-refractivity contribution < 1.29 is 9.18 Å². The Morgan fingerprint density at radius 1 is 1.26 bits per heavy atom. The Morgan fingerprint density at radius 2 is 1.84 bits per heavy atom. The van der Waals surface area contributed by atoms with E-state index < -0.39 is 0 Å². The molecule has 0 radical (unpaired) electrons. The second-order valence-corrected chi connectivity index (χ2v) is 5.37. The lowest BCUT2D eigenvalue weighted by Gasteiger charge is -2.21. The van der Waals surface area contributed by atoms with E-state index in [1.807, 2.05) is 32.8 Å². The van der Waals surface area contributed by atoms with Gasteiger partial charge in [0.15, 0.2) is 0 Å². The van der Waals surface area contributed by atoms with E-state index in [4.69, 9.17) is 0 Å². The summed E-state index contributed by atoms with van der Waals surface area (Å²) in [4.78, 5) is 14.2. The van der Waals surface area contributed by atoms with Crippen LogP contribution in [0.3, 0.4) is 0 Å². The van der Waals surface area contributed by atoms with Gasteiger partial charge in [0.1, 0.15) is 5.82 Å². The van der Waals surface area contributed by atoms with Crippen LogP contribution in [0.4, 0.5) is 4.39 Å². The Balaban J connectivity index is 2.72. The van der Waals surface area contributed by atoms with Crippen molar-refractivity contribution in [3.05, 3.63) is 35.6 Å². The maximum absolute atomic E-state index is 12.9. The van der Waals surface area contributed by atoms with Crippen LogP contribution in [-0.4, -0.2) is 38.0 Å². The van der Waals surface area contributed by atoms with Gasteiger partial charge in [0.25, 0.3) is 0 Å². The zero-order valence-corrected chi connectivity index (χ0v) is 12.1. The van der Waals surface area contributed by atoms with E-state index >= 15 is 0 Å². The Hall–Kier alpha value is -1.42. The maximum Gasteiger partial charge on any atom is 0.227 e. The van der Waals surface area contributed by atoms with Gasteiger partial charge in [-0.3, -0.25) is 4.79 Å². The molecule has 3 nitrogen and oxygen atoms in total. The molecule has 0 aliphatic rings. The van der Waals surface area contributed by atoms with Crippen LogP contribution in [0, 0.1) is 11.7 Å². The number of likely N-dealkylation sites (N-methyl/N-ethyl adjacent to an activating group) is 1. The normalized spacial score (nSPS) is 12.8. The number of benzene rings is 1. The van der Waals surface area contributed by atoms with E-state index in [1.54, 1.807) is 12.1 Å². The molecule has 0 saturated carbocycles. The Kier molecular flexibility index (Phi) is 5.96. The minimum Gasteiger partial charge on any atom is -0.354 e. The summed E-state index contributed by atoms with van der Waals surface area (Å²) in [5, 5.41) is 2.93. The number of hydrogen-bond donors (Lipinski definition) is 1. The number of halogens is 1. The molecule has 0 bridgehead atoms. The van der Waals surface area contributed by atoms with E-state index in [0.717, 1.165) is 12.1 Å². The molecular formula is C15H23FN2O. The summed E-state index contributed by atoms with van der Waals surface area (Å²) in [5.74, 6) is -0.338. The third-order valence-electron chi connectivity index (χ3n) is 3.04. The minimum absolute atomic E-state index is 0.00320. The van der Waals surface area contributed by atoms with Crippen LogP contribution in [0.1, 0.15) is 25.3 Å². The molecule has 1 amide bonds. The van der Waals surface area contributed by atoms with Crippen LogP contribution in [0.2, 0.25) is 0 Å². The predicted octanol–water partition coefficient (Wildman–Crippen LogP) is 2.24. The number of rotatable bonds is 6. The van der Waals surface area contributed by atoms with Crippen molar-refractivity contribution in [1.29, 1.82) is 0 Å². The second kappa shape index (κ2) is 7.24. The minimum atomic E-state index is -0.278. The third-order valence-corrected chi connectivity index (χ3v) is 3.04. The van der Waals surface area contributed by atoms with Gasteiger partial charge in [0, 0.05) is 13.1 Å². The Bertz CT molecular complexity index is 401. The molecule has 106 valence electrons. The molecule has 1 aromatic carbocycles. The van der Waals surface area contributed by atoms with E-state index in [9.17, 15) is 9.18 Å². The van der Waals surface area contributed by atoms with Crippen molar-refractivity contribution in [3.8, 4) is 0 Å². The fraction of sp³-hybridized carbons (Fsp3) is 0.533. The highest BCUT2D eigenvalue weighted by molar-refractivity contribution is 5.83. The van der Waals surface area contributed by atoms with Crippen LogP contribution in [-0.2, 0) is 4.79 Å². The van der Waals surface area contributed by atoms with Crippen molar-refractivity contribution in [2.24, 2.45) is 5.92 Å². The molecule has 19 heavy (non-hydrogen) atoms. The SMILES string of the molecule is CC(C)C(C(=O)NCCN(C)C)c1ccc(F)cc1. The van der Waals surface area contributed by atoms with Crippen molar-refractivity contribution in [2.75, 3.05) is 27.2 Å². The van der Waals surface area contributed by atoms with Gasteiger partial charge in [-0.05, 0) is 37.7 Å². The molecule has 0 heterocycles. The van der Waals surface area contributed by atoms with E-state index in [-0.39, 0.29) is 23.6 Å².